The van der Waals surface area contributed by atoms with E-state index >= 15 is 0 Å². The van der Waals surface area contributed by atoms with E-state index in [1.54, 1.807) is 0 Å². The van der Waals surface area contributed by atoms with Gasteiger partial charge in [-0.05, 0) is 31.7 Å². The van der Waals surface area contributed by atoms with Crippen LogP contribution in [0.3, 0.4) is 0 Å². The van der Waals surface area contributed by atoms with Crippen LogP contribution >= 0.6 is 0 Å². The molecular weight excluding hydrogens is 204 g/mol. The minimum atomic E-state index is -0.919. The van der Waals surface area contributed by atoms with E-state index < -0.39 is 5.97 Å². The van der Waals surface area contributed by atoms with Gasteiger partial charge in [-0.25, -0.2) is 4.79 Å². The molecule has 85 valence electrons. The molecular formula is C12H15N2O2. The highest BCUT2D eigenvalue weighted by Gasteiger charge is 2.17. The summed E-state index contributed by atoms with van der Waals surface area (Å²) in [5.41, 5.74) is 1.89. The quantitative estimate of drug-likeness (QED) is 0.825. The van der Waals surface area contributed by atoms with Crippen molar-refractivity contribution in [1.82, 2.24) is 4.98 Å². The van der Waals surface area contributed by atoms with Gasteiger partial charge in [-0.1, -0.05) is 0 Å². The Morgan fingerprint density at radius 2 is 2.12 bits per heavy atom. The van der Waals surface area contributed by atoms with Crippen LogP contribution in [0.25, 0.3) is 0 Å². The van der Waals surface area contributed by atoms with Gasteiger partial charge in [0.05, 0.1) is 11.3 Å². The molecule has 2 rings (SSSR count). The van der Waals surface area contributed by atoms with Crippen molar-refractivity contribution in [1.29, 1.82) is 0 Å². The highest BCUT2D eigenvalue weighted by atomic mass is 16.4. The van der Waals surface area contributed by atoms with Gasteiger partial charge in [0.25, 0.3) is 0 Å². The lowest BCUT2D eigenvalue weighted by atomic mass is 10.1. The average Bonchev–Trinajstić information content (AvgIpc) is 2.30. The molecule has 0 atom stereocenters. The third-order valence-corrected chi connectivity index (χ3v) is 3.03. The van der Waals surface area contributed by atoms with Gasteiger partial charge in [-0.2, -0.15) is 0 Å². The van der Waals surface area contributed by atoms with E-state index in [9.17, 15) is 4.79 Å². The Morgan fingerprint density at radius 3 is 2.75 bits per heavy atom. The maximum absolute atomic E-state index is 11.0. The molecule has 0 saturated carbocycles. The van der Waals surface area contributed by atoms with Crippen molar-refractivity contribution in [2.45, 2.75) is 26.2 Å². The molecule has 0 bridgehead atoms. The van der Waals surface area contributed by atoms with Gasteiger partial charge < -0.3 is 10.0 Å². The van der Waals surface area contributed by atoms with Crippen LogP contribution in [0.2, 0.25) is 0 Å². The minimum absolute atomic E-state index is 0.277. The number of pyridine rings is 1. The van der Waals surface area contributed by atoms with E-state index in [0.717, 1.165) is 37.2 Å². The molecule has 0 aliphatic carbocycles. The molecule has 1 radical (unpaired) electrons. The third-order valence-electron chi connectivity index (χ3n) is 3.03. The topological polar surface area (TPSA) is 53.4 Å². The van der Waals surface area contributed by atoms with E-state index in [1.165, 1.54) is 12.6 Å². The molecule has 1 aromatic heterocycles. The number of carboxylic acids is 1. The first-order chi connectivity index (χ1) is 7.70. The van der Waals surface area contributed by atoms with Crippen molar-refractivity contribution in [2.75, 3.05) is 18.0 Å². The molecule has 1 saturated heterocycles. The monoisotopic (exact) mass is 219 g/mol. The highest BCUT2D eigenvalue weighted by molar-refractivity contribution is 5.90. The van der Waals surface area contributed by atoms with Crippen LogP contribution in [-0.2, 0) is 0 Å². The lowest BCUT2D eigenvalue weighted by Crippen LogP contribution is -2.30. The molecule has 2 heterocycles. The van der Waals surface area contributed by atoms with Crippen LogP contribution in [0.4, 0.5) is 5.69 Å². The van der Waals surface area contributed by atoms with Crippen molar-refractivity contribution in [2.24, 2.45) is 0 Å². The Kier molecular flexibility index (Phi) is 3.08. The van der Waals surface area contributed by atoms with Crippen molar-refractivity contribution < 1.29 is 9.90 Å². The summed E-state index contributed by atoms with van der Waals surface area (Å²) in [6.45, 7) is 3.77. The second-order valence-electron chi connectivity index (χ2n) is 4.11. The van der Waals surface area contributed by atoms with Crippen molar-refractivity contribution in [3.8, 4) is 0 Å². The zero-order chi connectivity index (χ0) is 11.5. The molecule has 1 aliphatic heterocycles. The Hall–Kier alpha value is -1.58. The Balaban J connectivity index is 2.33. The van der Waals surface area contributed by atoms with Crippen LogP contribution in [0.1, 0.15) is 35.2 Å². The fourth-order valence-electron chi connectivity index (χ4n) is 2.11. The summed E-state index contributed by atoms with van der Waals surface area (Å²) < 4.78 is 0. The van der Waals surface area contributed by atoms with Gasteiger partial charge in [0, 0.05) is 19.3 Å². The second-order valence-corrected chi connectivity index (χ2v) is 4.11. The fourth-order valence-corrected chi connectivity index (χ4v) is 2.11. The summed E-state index contributed by atoms with van der Waals surface area (Å²) in [5, 5.41) is 9.02. The molecule has 0 spiro atoms. The molecule has 1 fully saturated rings. The zero-order valence-electron chi connectivity index (χ0n) is 9.36. The van der Waals surface area contributed by atoms with Crippen molar-refractivity contribution in [3.05, 3.63) is 23.5 Å². The molecule has 4 heteroatoms. The molecule has 1 aliphatic rings. The first kappa shape index (κ1) is 10.9. The molecule has 16 heavy (non-hydrogen) atoms. The van der Waals surface area contributed by atoms with E-state index in [0.29, 0.717) is 0 Å². The maximum atomic E-state index is 11.0. The molecule has 4 nitrogen and oxygen atoms in total. The molecule has 0 amide bonds. The van der Waals surface area contributed by atoms with Crippen LogP contribution in [0.5, 0.6) is 0 Å². The van der Waals surface area contributed by atoms with Gasteiger partial charge >= 0.3 is 5.97 Å². The van der Waals surface area contributed by atoms with E-state index in [2.05, 4.69) is 16.1 Å². The summed E-state index contributed by atoms with van der Waals surface area (Å²) in [7, 11) is 0. The van der Waals surface area contributed by atoms with Gasteiger partial charge in [-0.3, -0.25) is 4.98 Å². The SMILES string of the molecule is Cc1c(N2CCCCC2)[c]ncc1C(=O)O. The Morgan fingerprint density at radius 1 is 1.44 bits per heavy atom. The predicted octanol–water partition coefficient (Wildman–Crippen LogP) is 1.88. The summed E-state index contributed by atoms with van der Waals surface area (Å²) in [5.74, 6) is -0.919. The number of hydrogen-bond donors (Lipinski definition) is 1. The van der Waals surface area contributed by atoms with Gasteiger partial charge in [-0.15, -0.1) is 0 Å². The smallest absolute Gasteiger partial charge is 0.337 e. The highest BCUT2D eigenvalue weighted by Crippen LogP contribution is 2.24. The molecule has 0 unspecified atom stereocenters. The van der Waals surface area contributed by atoms with Gasteiger partial charge in [0.2, 0.25) is 0 Å². The van der Waals surface area contributed by atoms with E-state index in [1.807, 2.05) is 6.92 Å². The maximum Gasteiger partial charge on any atom is 0.337 e. The minimum Gasteiger partial charge on any atom is -0.478 e. The van der Waals surface area contributed by atoms with Crippen LogP contribution in [0, 0.1) is 13.1 Å². The van der Waals surface area contributed by atoms with E-state index in [4.69, 9.17) is 5.11 Å². The summed E-state index contributed by atoms with van der Waals surface area (Å²) in [6, 6.07) is 0. The normalized spacial score (nSPS) is 16.2. The second kappa shape index (κ2) is 4.51. The zero-order valence-corrected chi connectivity index (χ0v) is 9.36. The largest absolute Gasteiger partial charge is 0.478 e. The number of anilines is 1. The number of carboxylic acid groups (broad SMARTS) is 1. The van der Waals surface area contributed by atoms with Crippen LogP contribution < -0.4 is 4.90 Å². The Labute approximate surface area is 94.9 Å². The standard InChI is InChI=1S/C12H15N2O2/c1-9-10(12(15)16)7-13-8-11(9)14-5-3-2-4-6-14/h7H,2-6H2,1H3,(H,15,16). The van der Waals surface area contributed by atoms with Gasteiger partial charge in [0.15, 0.2) is 0 Å². The Bertz CT molecular complexity index is 398. The van der Waals surface area contributed by atoms with Crippen molar-refractivity contribution in [3.63, 3.8) is 0 Å². The fraction of sp³-hybridized carbons (Fsp3) is 0.500. The molecule has 0 aromatic carbocycles. The lowest BCUT2D eigenvalue weighted by molar-refractivity contribution is 0.0695. The lowest BCUT2D eigenvalue weighted by Gasteiger charge is -2.29. The summed E-state index contributed by atoms with van der Waals surface area (Å²) in [4.78, 5) is 17.1. The number of piperidine rings is 1. The number of rotatable bonds is 2. The molecule has 1 aromatic rings. The first-order valence-corrected chi connectivity index (χ1v) is 5.55. The van der Waals surface area contributed by atoms with Crippen molar-refractivity contribution >= 4 is 11.7 Å². The number of hydrogen-bond acceptors (Lipinski definition) is 3. The number of carbonyl (C=O) groups is 1. The molecule has 1 N–H and O–H groups in total. The predicted molar refractivity (Wildman–Crippen MR) is 60.8 cm³/mol. The van der Waals surface area contributed by atoms with E-state index in [-0.39, 0.29) is 5.56 Å². The average molecular weight is 219 g/mol. The van der Waals surface area contributed by atoms with Crippen LogP contribution in [-0.4, -0.2) is 29.1 Å². The number of aromatic carboxylic acids is 1. The summed E-state index contributed by atoms with van der Waals surface area (Å²) in [6.07, 6.45) is 7.85. The summed E-state index contributed by atoms with van der Waals surface area (Å²) >= 11 is 0. The third kappa shape index (κ3) is 2.01. The number of nitrogens with zero attached hydrogens (tertiary/aromatic N) is 2. The first-order valence-electron chi connectivity index (χ1n) is 5.55. The number of aromatic nitrogens is 1. The van der Waals surface area contributed by atoms with Crippen LogP contribution in [0.15, 0.2) is 6.20 Å². The van der Waals surface area contributed by atoms with Gasteiger partial charge in [0.1, 0.15) is 6.20 Å².